The fourth-order valence-corrected chi connectivity index (χ4v) is 4.89. The minimum absolute atomic E-state index is 0. The highest BCUT2D eigenvalue weighted by molar-refractivity contribution is 5.22. The van der Waals surface area contributed by atoms with Crippen LogP contribution in [-0.4, -0.2) is 0 Å². The van der Waals surface area contributed by atoms with E-state index in [0.29, 0.717) is 11.1 Å². The van der Waals surface area contributed by atoms with E-state index in [2.05, 4.69) is 65.8 Å². The lowest BCUT2D eigenvalue weighted by molar-refractivity contribution is 0.308. The van der Waals surface area contributed by atoms with Gasteiger partial charge in [0.15, 0.2) is 0 Å². The highest BCUT2D eigenvalue weighted by Crippen LogP contribution is 2.28. The Bertz CT molecular complexity index is 1000. The first-order valence-electron chi connectivity index (χ1n) is 16.3. The van der Waals surface area contributed by atoms with Crippen molar-refractivity contribution in [2.45, 2.75) is 128 Å². The molecule has 0 bridgehead atoms. The average Bonchev–Trinajstić information content (AvgIpc) is 2.95. The van der Waals surface area contributed by atoms with Crippen LogP contribution in [0.4, 0.5) is 8.78 Å². The number of hydrogen-bond acceptors (Lipinski definition) is 0. The Morgan fingerprint density at radius 2 is 0.605 bits per heavy atom. The van der Waals surface area contributed by atoms with Crippen LogP contribution in [0.3, 0.4) is 0 Å². The molecule has 2 fully saturated rings. The normalized spacial score (nSPS) is 20.6. The van der Waals surface area contributed by atoms with Gasteiger partial charge in [0.25, 0.3) is 0 Å². The van der Waals surface area contributed by atoms with Crippen molar-refractivity contribution in [1.82, 2.24) is 0 Å². The fraction of sp³-hybridized carbons (Fsp3) is 0.561. The Hall–Kier alpha value is -2.48. The van der Waals surface area contributed by atoms with Crippen molar-refractivity contribution in [2.24, 2.45) is 23.7 Å². The predicted octanol–water partition coefficient (Wildman–Crippen LogP) is 13.5. The Morgan fingerprint density at radius 3 is 0.791 bits per heavy atom. The molecule has 0 heterocycles. The van der Waals surface area contributed by atoms with E-state index in [9.17, 15) is 8.78 Å². The fourth-order valence-electron chi connectivity index (χ4n) is 4.89. The SMILES string of the molecule is C.CC1CCC(C)CC1.CC1CCC(C)CC1.Cc1ccc(C)c(F)c1.Cc1ccc(C)c(F)c1.Cc1ccc(C)cc1. The topological polar surface area (TPSA) is 0 Å². The molecule has 0 atom stereocenters. The third-order valence-corrected chi connectivity index (χ3v) is 8.48. The highest BCUT2D eigenvalue weighted by Gasteiger charge is 2.13. The molecule has 3 aromatic rings. The molecule has 0 aromatic heterocycles. The molecule has 0 amide bonds. The molecule has 0 radical (unpaired) electrons. The summed E-state index contributed by atoms with van der Waals surface area (Å²) >= 11 is 0. The molecule has 0 saturated heterocycles. The summed E-state index contributed by atoms with van der Waals surface area (Å²) in [6, 6.07) is 18.9. The van der Waals surface area contributed by atoms with Crippen LogP contribution in [0.25, 0.3) is 0 Å². The van der Waals surface area contributed by atoms with Crippen molar-refractivity contribution >= 4 is 0 Å². The highest BCUT2D eigenvalue weighted by atomic mass is 19.1. The summed E-state index contributed by atoms with van der Waals surface area (Å²) in [7, 11) is 0. The molecule has 2 heteroatoms. The molecule has 0 nitrogen and oxygen atoms in total. The number of benzene rings is 3. The van der Waals surface area contributed by atoms with Crippen LogP contribution in [0.15, 0.2) is 60.7 Å². The standard InChI is InChI=1S/2C8H9F.2C8H16.C8H10.CH4/c2*1-6-3-4-7(2)8(9)5-6;3*1-7-3-5-8(2)6-4-7;/h2*3-5H,1-2H3;2*7-8H,3-6H2,1-2H3;3-6H,1-2H3;1H4. The van der Waals surface area contributed by atoms with Crippen molar-refractivity contribution in [3.63, 3.8) is 0 Å². The molecule has 0 N–H and O–H groups in total. The molecule has 3 aromatic carbocycles. The van der Waals surface area contributed by atoms with Gasteiger partial charge in [-0.2, -0.15) is 0 Å². The maximum absolute atomic E-state index is 12.6. The molecule has 43 heavy (non-hydrogen) atoms. The van der Waals surface area contributed by atoms with E-state index in [0.717, 1.165) is 34.8 Å². The molecule has 242 valence electrons. The van der Waals surface area contributed by atoms with Gasteiger partial charge in [-0.3, -0.25) is 0 Å². The van der Waals surface area contributed by atoms with Gasteiger partial charge < -0.3 is 0 Å². The summed E-state index contributed by atoms with van der Waals surface area (Å²) in [5.41, 5.74) is 6.02. The second-order valence-electron chi connectivity index (χ2n) is 13.4. The minimum atomic E-state index is -0.116. The maximum Gasteiger partial charge on any atom is 0.126 e. The molecular formula is C41H64F2. The van der Waals surface area contributed by atoms with Gasteiger partial charge in [0.2, 0.25) is 0 Å². The van der Waals surface area contributed by atoms with Crippen LogP contribution in [-0.2, 0) is 0 Å². The van der Waals surface area contributed by atoms with Crippen LogP contribution in [0, 0.1) is 76.8 Å². The Kier molecular flexibility index (Phi) is 20.8. The van der Waals surface area contributed by atoms with E-state index in [1.807, 2.05) is 26.0 Å². The number of hydrogen-bond donors (Lipinski definition) is 0. The first kappa shape index (κ1) is 40.5. The predicted molar refractivity (Wildman–Crippen MR) is 188 cm³/mol. The van der Waals surface area contributed by atoms with E-state index >= 15 is 0 Å². The molecule has 5 rings (SSSR count). The van der Waals surface area contributed by atoms with Gasteiger partial charge in [0.05, 0.1) is 0 Å². The largest absolute Gasteiger partial charge is 0.207 e. The van der Waals surface area contributed by atoms with Crippen molar-refractivity contribution < 1.29 is 8.78 Å². The Labute approximate surface area is 265 Å². The van der Waals surface area contributed by atoms with Crippen molar-refractivity contribution in [1.29, 1.82) is 0 Å². The van der Waals surface area contributed by atoms with Gasteiger partial charge in [-0.05, 0) is 99.6 Å². The van der Waals surface area contributed by atoms with Gasteiger partial charge in [-0.1, -0.05) is 146 Å². The molecule has 0 spiro atoms. The summed E-state index contributed by atoms with van der Waals surface area (Å²) < 4.78 is 25.2. The quantitative estimate of drug-likeness (QED) is 0.243. The van der Waals surface area contributed by atoms with Crippen LogP contribution < -0.4 is 0 Å². The zero-order valence-electron chi connectivity index (χ0n) is 28.5. The van der Waals surface area contributed by atoms with Gasteiger partial charge in [-0.15, -0.1) is 0 Å². The molecule has 0 aliphatic heterocycles. The van der Waals surface area contributed by atoms with E-state index in [1.165, 1.54) is 74.6 Å². The van der Waals surface area contributed by atoms with Crippen LogP contribution in [0.1, 0.15) is 120 Å². The first-order chi connectivity index (χ1) is 19.8. The lowest BCUT2D eigenvalue weighted by Gasteiger charge is -2.22. The summed E-state index contributed by atoms with van der Waals surface area (Å²) in [6.45, 7) is 20.9. The average molecular weight is 595 g/mol. The second-order valence-corrected chi connectivity index (χ2v) is 13.4. The number of rotatable bonds is 0. The van der Waals surface area contributed by atoms with E-state index in [4.69, 9.17) is 0 Å². The maximum atomic E-state index is 12.6. The number of aryl methyl sites for hydroxylation is 6. The first-order valence-corrected chi connectivity index (χ1v) is 16.3. The summed E-state index contributed by atoms with van der Waals surface area (Å²) in [5.74, 6) is 3.85. The molecule has 2 aliphatic rings. The van der Waals surface area contributed by atoms with E-state index < -0.39 is 0 Å². The second kappa shape index (κ2) is 22.1. The summed E-state index contributed by atoms with van der Waals surface area (Å²) in [6.07, 6.45) is 11.8. The van der Waals surface area contributed by atoms with Crippen molar-refractivity contribution in [3.8, 4) is 0 Å². The van der Waals surface area contributed by atoms with Crippen LogP contribution in [0.5, 0.6) is 0 Å². The zero-order valence-corrected chi connectivity index (χ0v) is 28.5. The molecular weight excluding hydrogens is 530 g/mol. The summed E-state index contributed by atoms with van der Waals surface area (Å²) in [5, 5.41) is 0. The van der Waals surface area contributed by atoms with Gasteiger partial charge in [0, 0.05) is 0 Å². The third-order valence-electron chi connectivity index (χ3n) is 8.48. The molecule has 2 aliphatic carbocycles. The van der Waals surface area contributed by atoms with Crippen molar-refractivity contribution in [3.05, 3.63) is 106 Å². The Morgan fingerprint density at radius 1 is 0.395 bits per heavy atom. The van der Waals surface area contributed by atoms with E-state index in [1.54, 1.807) is 26.0 Å². The lowest BCUT2D eigenvalue weighted by Crippen LogP contribution is -2.08. The number of halogens is 2. The monoisotopic (exact) mass is 594 g/mol. The van der Waals surface area contributed by atoms with Gasteiger partial charge in [-0.25, -0.2) is 8.78 Å². The Balaban J connectivity index is 0.000000510. The third kappa shape index (κ3) is 19.4. The molecule has 0 unspecified atom stereocenters. The summed E-state index contributed by atoms with van der Waals surface area (Å²) in [4.78, 5) is 0. The minimum Gasteiger partial charge on any atom is -0.207 e. The van der Waals surface area contributed by atoms with Crippen LogP contribution >= 0.6 is 0 Å². The smallest absolute Gasteiger partial charge is 0.126 e. The molecule has 2 saturated carbocycles. The van der Waals surface area contributed by atoms with Crippen LogP contribution in [0.2, 0.25) is 0 Å². The zero-order chi connectivity index (χ0) is 31.7. The lowest BCUT2D eigenvalue weighted by atomic mass is 9.84. The van der Waals surface area contributed by atoms with E-state index in [-0.39, 0.29) is 19.1 Å². The van der Waals surface area contributed by atoms with Gasteiger partial charge in [0.1, 0.15) is 11.6 Å². The van der Waals surface area contributed by atoms with Crippen molar-refractivity contribution in [2.75, 3.05) is 0 Å². The van der Waals surface area contributed by atoms with Gasteiger partial charge >= 0.3 is 0 Å².